The predicted octanol–water partition coefficient (Wildman–Crippen LogP) is 2.18. The Morgan fingerprint density at radius 2 is 2.35 bits per heavy atom. The smallest absolute Gasteiger partial charge is 0.225 e. The van der Waals surface area contributed by atoms with E-state index in [0.29, 0.717) is 25.1 Å². The van der Waals surface area contributed by atoms with E-state index in [-0.39, 0.29) is 23.5 Å². The monoisotopic (exact) mass is 353 g/mol. The quantitative estimate of drug-likeness (QED) is 0.893. The minimum Gasteiger partial charge on any atom is -0.311 e. The molecule has 0 saturated carbocycles. The zero-order valence-electron chi connectivity index (χ0n) is 12.9. The molecular formula is C15H19N3O3S2. The highest BCUT2D eigenvalue weighted by Crippen LogP contribution is 2.27. The van der Waals surface area contributed by atoms with Crippen molar-refractivity contribution in [2.45, 2.75) is 32.2 Å². The highest BCUT2D eigenvalue weighted by atomic mass is 32.2. The number of anilines is 1. The van der Waals surface area contributed by atoms with Gasteiger partial charge in [-0.1, -0.05) is 6.07 Å². The lowest BCUT2D eigenvalue weighted by Gasteiger charge is -2.13. The molecule has 3 rings (SSSR count). The van der Waals surface area contributed by atoms with Crippen LogP contribution in [0.15, 0.2) is 23.6 Å². The average Bonchev–Trinajstić information content (AvgIpc) is 3.17. The second-order valence-electron chi connectivity index (χ2n) is 5.80. The van der Waals surface area contributed by atoms with E-state index in [1.165, 1.54) is 4.88 Å². The van der Waals surface area contributed by atoms with Crippen molar-refractivity contribution < 1.29 is 13.2 Å². The van der Waals surface area contributed by atoms with Crippen molar-refractivity contribution in [2.75, 3.05) is 16.8 Å². The van der Waals surface area contributed by atoms with E-state index in [0.717, 1.165) is 5.69 Å². The Labute approximate surface area is 139 Å². The summed E-state index contributed by atoms with van der Waals surface area (Å²) in [5.41, 5.74) is 0.767. The number of nitrogens with one attached hydrogen (secondary N) is 1. The van der Waals surface area contributed by atoms with Gasteiger partial charge in [0.05, 0.1) is 23.2 Å². The standard InChI is InChI=1S/C15H19N3O3S2/c1-11-9-14(16-15(19)5-4-13-3-2-7-22-13)18(17-11)12-6-8-23(20,21)10-12/h2-3,7,9,12H,4-6,8,10H2,1H3,(H,16,19). The van der Waals surface area contributed by atoms with Gasteiger partial charge in [0, 0.05) is 17.4 Å². The Morgan fingerprint density at radius 1 is 1.52 bits per heavy atom. The molecule has 124 valence electrons. The number of rotatable bonds is 5. The summed E-state index contributed by atoms with van der Waals surface area (Å²) in [6.07, 6.45) is 1.64. The minimum atomic E-state index is -2.99. The number of aromatic nitrogens is 2. The SMILES string of the molecule is Cc1cc(NC(=O)CCc2cccs2)n(C2CCS(=O)(=O)C2)n1. The van der Waals surface area contributed by atoms with Gasteiger partial charge in [0.1, 0.15) is 5.82 Å². The van der Waals surface area contributed by atoms with Gasteiger partial charge in [-0.3, -0.25) is 4.79 Å². The summed E-state index contributed by atoms with van der Waals surface area (Å²) in [7, 11) is -2.99. The molecule has 1 unspecified atom stereocenters. The molecule has 1 aliphatic heterocycles. The van der Waals surface area contributed by atoms with E-state index in [9.17, 15) is 13.2 Å². The summed E-state index contributed by atoms with van der Waals surface area (Å²) in [6, 6.07) is 5.57. The molecule has 2 aromatic heterocycles. The minimum absolute atomic E-state index is 0.0830. The summed E-state index contributed by atoms with van der Waals surface area (Å²) in [5.74, 6) is 0.773. The molecule has 1 atom stereocenters. The van der Waals surface area contributed by atoms with Crippen molar-refractivity contribution >= 4 is 32.9 Å². The summed E-state index contributed by atoms with van der Waals surface area (Å²) in [6.45, 7) is 1.83. The van der Waals surface area contributed by atoms with E-state index in [1.807, 2.05) is 24.4 Å². The highest BCUT2D eigenvalue weighted by Gasteiger charge is 2.31. The van der Waals surface area contributed by atoms with Crippen LogP contribution in [0, 0.1) is 6.92 Å². The second kappa shape index (κ2) is 6.45. The fourth-order valence-electron chi connectivity index (χ4n) is 2.75. The van der Waals surface area contributed by atoms with E-state index in [4.69, 9.17) is 0 Å². The fourth-order valence-corrected chi connectivity index (χ4v) is 5.15. The summed E-state index contributed by atoms with van der Waals surface area (Å²) in [4.78, 5) is 13.3. The Hall–Kier alpha value is -1.67. The van der Waals surface area contributed by atoms with Gasteiger partial charge in [0.25, 0.3) is 0 Å². The first-order chi connectivity index (χ1) is 10.9. The lowest BCUT2D eigenvalue weighted by Crippen LogP contribution is -2.19. The van der Waals surface area contributed by atoms with E-state index < -0.39 is 9.84 Å². The molecular weight excluding hydrogens is 334 g/mol. The normalized spacial score (nSPS) is 19.8. The molecule has 0 aliphatic carbocycles. The van der Waals surface area contributed by atoms with Gasteiger partial charge >= 0.3 is 0 Å². The number of carbonyl (C=O) groups excluding carboxylic acids is 1. The Morgan fingerprint density at radius 3 is 3.00 bits per heavy atom. The third-order valence-electron chi connectivity index (χ3n) is 3.86. The zero-order chi connectivity index (χ0) is 16.4. The van der Waals surface area contributed by atoms with Crippen molar-refractivity contribution in [3.8, 4) is 0 Å². The molecule has 23 heavy (non-hydrogen) atoms. The van der Waals surface area contributed by atoms with Gasteiger partial charge in [-0.2, -0.15) is 5.10 Å². The molecule has 1 fully saturated rings. The van der Waals surface area contributed by atoms with Gasteiger partial charge in [-0.25, -0.2) is 13.1 Å². The van der Waals surface area contributed by atoms with E-state index in [1.54, 1.807) is 22.1 Å². The Kier molecular flexibility index (Phi) is 4.54. The molecule has 0 aromatic carbocycles. The number of nitrogens with zero attached hydrogens (tertiary/aromatic N) is 2. The lowest BCUT2D eigenvalue weighted by atomic mass is 10.2. The molecule has 1 aliphatic rings. The maximum absolute atomic E-state index is 12.1. The average molecular weight is 353 g/mol. The first-order valence-electron chi connectivity index (χ1n) is 7.52. The number of aryl methyl sites for hydroxylation is 2. The zero-order valence-corrected chi connectivity index (χ0v) is 14.5. The number of sulfone groups is 1. The van der Waals surface area contributed by atoms with Crippen LogP contribution in [0.5, 0.6) is 0 Å². The summed E-state index contributed by atoms with van der Waals surface area (Å²) in [5, 5.41) is 9.22. The lowest BCUT2D eigenvalue weighted by molar-refractivity contribution is -0.116. The number of amides is 1. The fraction of sp³-hybridized carbons (Fsp3) is 0.467. The number of thiophene rings is 1. The molecule has 2 aromatic rings. The van der Waals surface area contributed by atoms with Crippen LogP contribution in [0.3, 0.4) is 0 Å². The van der Waals surface area contributed by atoms with Gasteiger partial charge in [-0.15, -0.1) is 11.3 Å². The maximum Gasteiger partial charge on any atom is 0.225 e. The molecule has 0 bridgehead atoms. The molecule has 0 radical (unpaired) electrons. The van der Waals surface area contributed by atoms with Crippen molar-refractivity contribution in [3.63, 3.8) is 0 Å². The third-order valence-corrected chi connectivity index (χ3v) is 6.54. The van der Waals surface area contributed by atoms with Crippen LogP contribution in [-0.2, 0) is 21.1 Å². The predicted molar refractivity (Wildman–Crippen MR) is 90.5 cm³/mol. The molecule has 3 heterocycles. The molecule has 6 nitrogen and oxygen atoms in total. The van der Waals surface area contributed by atoms with Gasteiger partial charge < -0.3 is 5.32 Å². The van der Waals surface area contributed by atoms with Crippen molar-refractivity contribution in [2.24, 2.45) is 0 Å². The first kappa shape index (κ1) is 16.2. The van der Waals surface area contributed by atoms with Crippen LogP contribution < -0.4 is 5.32 Å². The number of hydrogen-bond acceptors (Lipinski definition) is 5. The molecule has 1 saturated heterocycles. The van der Waals surface area contributed by atoms with Crippen LogP contribution in [0.1, 0.15) is 29.5 Å². The Bertz CT molecular complexity index is 794. The van der Waals surface area contributed by atoms with Crippen LogP contribution in [0.25, 0.3) is 0 Å². The third kappa shape index (κ3) is 4.00. The highest BCUT2D eigenvalue weighted by molar-refractivity contribution is 7.91. The molecule has 8 heteroatoms. The van der Waals surface area contributed by atoms with Crippen LogP contribution in [-0.4, -0.2) is 35.6 Å². The molecule has 0 spiro atoms. The topological polar surface area (TPSA) is 81.1 Å². The van der Waals surface area contributed by atoms with Crippen molar-refractivity contribution in [1.82, 2.24) is 9.78 Å². The van der Waals surface area contributed by atoms with Gasteiger partial charge in [0.2, 0.25) is 5.91 Å². The first-order valence-corrected chi connectivity index (χ1v) is 10.2. The Balaban J connectivity index is 1.67. The van der Waals surface area contributed by atoms with Crippen LogP contribution >= 0.6 is 11.3 Å². The van der Waals surface area contributed by atoms with Crippen LogP contribution in [0.4, 0.5) is 5.82 Å². The van der Waals surface area contributed by atoms with E-state index >= 15 is 0 Å². The second-order valence-corrected chi connectivity index (χ2v) is 9.06. The van der Waals surface area contributed by atoms with Crippen LogP contribution in [0.2, 0.25) is 0 Å². The summed E-state index contributed by atoms with van der Waals surface area (Å²) >= 11 is 1.63. The number of carbonyl (C=O) groups is 1. The summed E-state index contributed by atoms with van der Waals surface area (Å²) < 4.78 is 25.0. The number of hydrogen-bond donors (Lipinski definition) is 1. The molecule has 1 amide bonds. The van der Waals surface area contributed by atoms with Gasteiger partial charge in [0.15, 0.2) is 9.84 Å². The van der Waals surface area contributed by atoms with Crippen molar-refractivity contribution in [1.29, 1.82) is 0 Å². The van der Waals surface area contributed by atoms with Gasteiger partial charge in [-0.05, 0) is 31.2 Å². The van der Waals surface area contributed by atoms with Crippen molar-refractivity contribution in [3.05, 3.63) is 34.2 Å². The van der Waals surface area contributed by atoms with E-state index in [2.05, 4.69) is 10.4 Å². The largest absolute Gasteiger partial charge is 0.311 e. The molecule has 1 N–H and O–H groups in total. The maximum atomic E-state index is 12.1.